The Balaban J connectivity index is 2.27. The molecule has 0 saturated carbocycles. The molecule has 2 aliphatic rings. The van der Waals surface area contributed by atoms with Crippen LogP contribution in [0, 0.1) is 0 Å². The third-order valence-electron chi connectivity index (χ3n) is 1.74. The Bertz CT molecular complexity index is 285. The van der Waals surface area contributed by atoms with Crippen molar-refractivity contribution in [1.82, 2.24) is 0 Å². The Morgan fingerprint density at radius 1 is 1.67 bits per heavy atom. The normalized spacial score (nSPS) is 32.8. The van der Waals surface area contributed by atoms with Crippen LogP contribution in [0.1, 0.15) is 0 Å². The van der Waals surface area contributed by atoms with E-state index in [1.165, 1.54) is 0 Å². The highest BCUT2D eigenvalue weighted by Crippen LogP contribution is 2.38. The fourth-order valence-corrected chi connectivity index (χ4v) is 3.97. The van der Waals surface area contributed by atoms with Gasteiger partial charge in [-0.2, -0.15) is 0 Å². The summed E-state index contributed by atoms with van der Waals surface area (Å²) in [6, 6.07) is 0. The van der Waals surface area contributed by atoms with Crippen LogP contribution in [0.15, 0.2) is 19.9 Å². The average Bonchev–Trinajstić information content (AvgIpc) is 2.48. The van der Waals surface area contributed by atoms with E-state index in [4.69, 9.17) is 0 Å². The first-order valence-corrected chi connectivity index (χ1v) is 6.49. The number of hydrogen-bond donors (Lipinski definition) is 0. The van der Waals surface area contributed by atoms with Crippen LogP contribution < -0.4 is 0 Å². The Morgan fingerprint density at radius 3 is 3.25 bits per heavy atom. The number of aliphatic imine (C=N–C) groups is 2. The van der Waals surface area contributed by atoms with Gasteiger partial charge in [-0.3, -0.25) is 4.99 Å². The largest absolute Gasteiger partial charge is 0.258 e. The smallest absolute Gasteiger partial charge is 0.115 e. The molecule has 2 rings (SSSR count). The molecule has 2 atom stereocenters. The molecule has 0 fully saturated rings. The molecule has 64 valence electrons. The van der Waals surface area contributed by atoms with Crippen molar-refractivity contribution in [3.63, 3.8) is 0 Å². The van der Waals surface area contributed by atoms with Gasteiger partial charge in [-0.1, -0.05) is 0 Å². The highest BCUT2D eigenvalue weighted by Gasteiger charge is 2.32. The summed E-state index contributed by atoms with van der Waals surface area (Å²) in [7, 11) is 0. The van der Waals surface area contributed by atoms with Gasteiger partial charge in [0, 0.05) is 4.48 Å². The lowest BCUT2D eigenvalue weighted by molar-refractivity contribution is 0.979. The topological polar surface area (TPSA) is 24.7 Å². The van der Waals surface area contributed by atoms with Gasteiger partial charge in [-0.15, -0.1) is 23.5 Å². The summed E-state index contributed by atoms with van der Waals surface area (Å²) < 4.78 is 1.11. The zero-order chi connectivity index (χ0) is 8.55. The van der Waals surface area contributed by atoms with Crippen molar-refractivity contribution in [3.05, 3.63) is 9.89 Å². The van der Waals surface area contributed by atoms with E-state index in [-0.39, 0.29) is 0 Å². The number of nitrogens with zero attached hydrogens (tertiary/aromatic N) is 2. The Hall–Kier alpha value is 0.260. The third-order valence-corrected chi connectivity index (χ3v) is 4.88. The lowest BCUT2D eigenvalue weighted by Gasteiger charge is -2.20. The monoisotopic (exact) mass is 262 g/mol. The fourth-order valence-electron chi connectivity index (χ4n) is 1.16. The van der Waals surface area contributed by atoms with Gasteiger partial charge in [0.15, 0.2) is 0 Å². The van der Waals surface area contributed by atoms with Crippen LogP contribution in [0.5, 0.6) is 0 Å². The van der Waals surface area contributed by atoms with Crippen molar-refractivity contribution >= 4 is 51.5 Å². The molecular formula is C7H7BrN2S2. The van der Waals surface area contributed by atoms with E-state index in [1.54, 1.807) is 29.9 Å². The maximum absolute atomic E-state index is 4.30. The molecule has 2 aliphatic heterocycles. The Kier molecular flexibility index (Phi) is 2.62. The van der Waals surface area contributed by atoms with Gasteiger partial charge in [0.2, 0.25) is 0 Å². The number of halogens is 1. The quantitative estimate of drug-likeness (QED) is 0.726. The van der Waals surface area contributed by atoms with Crippen molar-refractivity contribution in [2.24, 2.45) is 9.98 Å². The zero-order valence-corrected chi connectivity index (χ0v) is 9.62. The molecule has 0 aromatic carbocycles. The third kappa shape index (κ3) is 1.38. The molecule has 2 heterocycles. The number of allylic oxidation sites excluding steroid dienone is 1. The SMILES string of the molecule is CSC1N=CN=C2C(Br)=CSC21. The van der Waals surface area contributed by atoms with Gasteiger partial charge >= 0.3 is 0 Å². The van der Waals surface area contributed by atoms with Crippen molar-refractivity contribution < 1.29 is 0 Å². The lowest BCUT2D eigenvalue weighted by atomic mass is 10.2. The second kappa shape index (κ2) is 3.55. The first-order chi connectivity index (χ1) is 5.83. The molecular weight excluding hydrogens is 256 g/mol. The second-order valence-corrected chi connectivity index (χ2v) is 5.25. The lowest BCUT2D eigenvalue weighted by Crippen LogP contribution is -2.27. The summed E-state index contributed by atoms with van der Waals surface area (Å²) in [6.07, 6.45) is 3.74. The average molecular weight is 263 g/mol. The number of hydrogen-bond acceptors (Lipinski definition) is 4. The maximum atomic E-state index is 4.30. The molecule has 0 aliphatic carbocycles. The summed E-state index contributed by atoms with van der Waals surface area (Å²) >= 11 is 7.04. The van der Waals surface area contributed by atoms with Gasteiger partial charge in [0.05, 0.1) is 11.0 Å². The first-order valence-electron chi connectivity index (χ1n) is 3.46. The van der Waals surface area contributed by atoms with Gasteiger partial charge in [-0.05, 0) is 27.6 Å². The molecule has 0 bridgehead atoms. The van der Waals surface area contributed by atoms with Crippen molar-refractivity contribution in [2.45, 2.75) is 10.6 Å². The minimum atomic E-state index is 0.328. The predicted molar refractivity (Wildman–Crippen MR) is 61.6 cm³/mol. The number of rotatable bonds is 1. The number of thioether (sulfide) groups is 2. The standard InChI is InChI=1S/C7H7BrN2S2/c1-11-7-6-5(9-3-10-7)4(8)2-12-6/h2-3,6-7H,1H3. The summed E-state index contributed by atoms with van der Waals surface area (Å²) in [5.41, 5.74) is 1.13. The van der Waals surface area contributed by atoms with E-state index >= 15 is 0 Å². The second-order valence-electron chi connectivity index (χ2n) is 2.43. The van der Waals surface area contributed by atoms with E-state index < -0.39 is 0 Å². The predicted octanol–water partition coefficient (Wildman–Crippen LogP) is 2.51. The Morgan fingerprint density at radius 2 is 2.50 bits per heavy atom. The molecule has 0 radical (unpaired) electrons. The van der Waals surface area contributed by atoms with Crippen LogP contribution in [-0.2, 0) is 0 Å². The van der Waals surface area contributed by atoms with Crippen molar-refractivity contribution in [2.75, 3.05) is 6.26 Å². The van der Waals surface area contributed by atoms with Gasteiger partial charge in [0.25, 0.3) is 0 Å². The summed E-state index contributed by atoms with van der Waals surface area (Å²) in [5, 5.41) is 2.84. The minimum Gasteiger partial charge on any atom is -0.258 e. The molecule has 0 aromatic heterocycles. The van der Waals surface area contributed by atoms with E-state index in [1.807, 2.05) is 0 Å². The summed E-state index contributed by atoms with van der Waals surface area (Å²) in [5.74, 6) is 0. The molecule has 12 heavy (non-hydrogen) atoms. The van der Waals surface area contributed by atoms with E-state index in [0.717, 1.165) is 10.2 Å². The molecule has 0 amide bonds. The van der Waals surface area contributed by atoms with Crippen LogP contribution in [0.4, 0.5) is 0 Å². The number of fused-ring (bicyclic) bond motifs is 1. The van der Waals surface area contributed by atoms with Gasteiger partial charge in [-0.25, -0.2) is 4.99 Å². The van der Waals surface area contributed by atoms with E-state index in [2.05, 4.69) is 37.6 Å². The van der Waals surface area contributed by atoms with Crippen LogP contribution in [0.3, 0.4) is 0 Å². The minimum absolute atomic E-state index is 0.328. The molecule has 0 aromatic rings. The van der Waals surface area contributed by atoms with Crippen molar-refractivity contribution in [1.29, 1.82) is 0 Å². The highest BCUT2D eigenvalue weighted by molar-refractivity contribution is 9.12. The van der Waals surface area contributed by atoms with Crippen LogP contribution >= 0.6 is 39.5 Å². The van der Waals surface area contributed by atoms with Crippen LogP contribution in [0.2, 0.25) is 0 Å². The maximum Gasteiger partial charge on any atom is 0.115 e. The summed E-state index contributed by atoms with van der Waals surface area (Å²) in [4.78, 5) is 8.55. The molecule has 0 spiro atoms. The van der Waals surface area contributed by atoms with Crippen LogP contribution in [-0.4, -0.2) is 28.9 Å². The molecule has 2 unspecified atom stereocenters. The molecule has 5 heteroatoms. The highest BCUT2D eigenvalue weighted by atomic mass is 79.9. The fraction of sp³-hybridized carbons (Fsp3) is 0.429. The Labute approximate surface area is 88.1 Å². The van der Waals surface area contributed by atoms with E-state index in [9.17, 15) is 0 Å². The van der Waals surface area contributed by atoms with E-state index in [0.29, 0.717) is 10.6 Å². The zero-order valence-electron chi connectivity index (χ0n) is 6.40. The molecule has 2 nitrogen and oxygen atoms in total. The van der Waals surface area contributed by atoms with Gasteiger partial charge < -0.3 is 0 Å². The van der Waals surface area contributed by atoms with Crippen molar-refractivity contribution in [3.8, 4) is 0 Å². The van der Waals surface area contributed by atoms with Gasteiger partial charge in [0.1, 0.15) is 11.7 Å². The molecule has 0 saturated heterocycles. The van der Waals surface area contributed by atoms with Crippen LogP contribution in [0.25, 0.3) is 0 Å². The first kappa shape index (κ1) is 8.84. The molecule has 0 N–H and O–H groups in total. The summed E-state index contributed by atoms with van der Waals surface area (Å²) in [6.45, 7) is 0.